The first-order valence-corrected chi connectivity index (χ1v) is 4.96. The first-order chi connectivity index (χ1) is 5.70. The number of rotatable bonds is 0. The third-order valence-corrected chi connectivity index (χ3v) is 3.58. The molecule has 2 aliphatic rings. The molecule has 1 heterocycles. The van der Waals surface area contributed by atoms with Gasteiger partial charge in [0.15, 0.2) is 0 Å². The first kappa shape index (κ1) is 8.09. The van der Waals surface area contributed by atoms with Gasteiger partial charge in [-0.3, -0.25) is 4.79 Å². The van der Waals surface area contributed by atoms with Crippen molar-refractivity contribution in [2.45, 2.75) is 38.6 Å². The van der Waals surface area contributed by atoms with Crippen molar-refractivity contribution in [3.05, 3.63) is 0 Å². The Hall–Kier alpha value is -0.530. The number of carbonyl (C=O) groups excluding carboxylic acids is 1. The topological polar surface area (TPSA) is 20.3 Å². The van der Waals surface area contributed by atoms with Crippen molar-refractivity contribution in [3.63, 3.8) is 0 Å². The SMILES string of the molecule is CC1CCCC2CC(=O)N(C)C12. The van der Waals surface area contributed by atoms with Gasteiger partial charge in [0.2, 0.25) is 5.91 Å². The van der Waals surface area contributed by atoms with Crippen molar-refractivity contribution < 1.29 is 4.79 Å². The van der Waals surface area contributed by atoms with E-state index in [9.17, 15) is 4.79 Å². The molecular weight excluding hydrogens is 150 g/mol. The van der Waals surface area contributed by atoms with Crippen molar-refractivity contribution in [3.8, 4) is 0 Å². The summed E-state index contributed by atoms with van der Waals surface area (Å²) in [5, 5.41) is 0. The molecule has 1 amide bonds. The Labute approximate surface area is 73.9 Å². The van der Waals surface area contributed by atoms with E-state index in [0.29, 0.717) is 17.9 Å². The quantitative estimate of drug-likeness (QED) is 0.537. The first-order valence-electron chi connectivity index (χ1n) is 4.96. The van der Waals surface area contributed by atoms with Gasteiger partial charge in [-0.15, -0.1) is 0 Å². The van der Waals surface area contributed by atoms with Crippen molar-refractivity contribution in [1.29, 1.82) is 0 Å². The summed E-state index contributed by atoms with van der Waals surface area (Å²) < 4.78 is 0. The van der Waals surface area contributed by atoms with Crippen molar-refractivity contribution >= 4 is 5.91 Å². The van der Waals surface area contributed by atoms with Crippen LogP contribution in [0.15, 0.2) is 0 Å². The van der Waals surface area contributed by atoms with Crippen LogP contribution >= 0.6 is 0 Å². The van der Waals surface area contributed by atoms with Gasteiger partial charge in [0.1, 0.15) is 0 Å². The fraction of sp³-hybridized carbons (Fsp3) is 0.900. The minimum Gasteiger partial charge on any atom is -0.342 e. The molecule has 68 valence electrons. The molecule has 0 aromatic carbocycles. The second-order valence-corrected chi connectivity index (χ2v) is 4.37. The predicted molar refractivity (Wildman–Crippen MR) is 47.7 cm³/mol. The molecule has 0 radical (unpaired) electrons. The molecular formula is C10H17NO. The molecule has 3 atom stereocenters. The summed E-state index contributed by atoms with van der Waals surface area (Å²) in [6, 6.07) is 0.561. The Morgan fingerprint density at radius 2 is 2.17 bits per heavy atom. The monoisotopic (exact) mass is 167 g/mol. The lowest BCUT2D eigenvalue weighted by molar-refractivity contribution is -0.128. The van der Waals surface area contributed by atoms with Gasteiger partial charge < -0.3 is 4.90 Å². The highest BCUT2D eigenvalue weighted by Gasteiger charge is 2.41. The second kappa shape index (κ2) is 2.75. The molecule has 2 nitrogen and oxygen atoms in total. The van der Waals surface area contributed by atoms with Gasteiger partial charge in [-0.2, -0.15) is 0 Å². The Morgan fingerprint density at radius 1 is 1.42 bits per heavy atom. The zero-order valence-electron chi connectivity index (χ0n) is 7.92. The summed E-state index contributed by atoms with van der Waals surface area (Å²) in [4.78, 5) is 13.4. The maximum Gasteiger partial charge on any atom is 0.222 e. The molecule has 1 saturated heterocycles. The summed E-state index contributed by atoms with van der Waals surface area (Å²) >= 11 is 0. The average molecular weight is 167 g/mol. The van der Waals surface area contributed by atoms with Crippen LogP contribution in [0.3, 0.4) is 0 Å². The van der Waals surface area contributed by atoms with Crippen LogP contribution in [-0.2, 0) is 4.79 Å². The summed E-state index contributed by atoms with van der Waals surface area (Å²) in [6.07, 6.45) is 4.71. The van der Waals surface area contributed by atoms with Crippen molar-refractivity contribution in [1.82, 2.24) is 4.90 Å². The smallest absolute Gasteiger partial charge is 0.222 e. The summed E-state index contributed by atoms with van der Waals surface area (Å²) in [5.74, 6) is 1.75. The fourth-order valence-corrected chi connectivity index (χ4v) is 2.96. The lowest BCUT2D eigenvalue weighted by Gasteiger charge is -2.34. The van der Waals surface area contributed by atoms with E-state index in [0.717, 1.165) is 12.3 Å². The number of carbonyl (C=O) groups is 1. The number of likely N-dealkylation sites (tertiary alicyclic amines) is 1. The summed E-state index contributed by atoms with van der Waals surface area (Å²) in [7, 11) is 1.97. The minimum absolute atomic E-state index is 0.360. The number of nitrogens with zero attached hydrogens (tertiary/aromatic N) is 1. The highest BCUT2D eigenvalue weighted by Crippen LogP contribution is 2.39. The minimum atomic E-state index is 0.360. The van der Waals surface area contributed by atoms with Crippen LogP contribution < -0.4 is 0 Å². The normalized spacial score (nSPS) is 41.7. The van der Waals surface area contributed by atoms with E-state index in [-0.39, 0.29) is 0 Å². The predicted octanol–water partition coefficient (Wildman–Crippen LogP) is 1.65. The average Bonchev–Trinajstić information content (AvgIpc) is 2.29. The zero-order valence-corrected chi connectivity index (χ0v) is 7.92. The number of hydrogen-bond donors (Lipinski definition) is 0. The maximum atomic E-state index is 11.4. The molecule has 0 aromatic heterocycles. The van der Waals surface area contributed by atoms with Gasteiger partial charge in [-0.1, -0.05) is 13.3 Å². The standard InChI is InChI=1S/C10H17NO/c1-7-4-3-5-8-6-9(12)11(2)10(7)8/h7-8,10H,3-6H2,1-2H3. The molecule has 0 N–H and O–H groups in total. The van der Waals surface area contributed by atoms with Crippen LogP contribution in [0.2, 0.25) is 0 Å². The van der Waals surface area contributed by atoms with Gasteiger partial charge in [0, 0.05) is 19.5 Å². The highest BCUT2D eigenvalue weighted by atomic mass is 16.2. The van der Waals surface area contributed by atoms with Crippen LogP contribution in [0, 0.1) is 11.8 Å². The summed E-state index contributed by atoms with van der Waals surface area (Å²) in [6.45, 7) is 2.28. The fourth-order valence-electron chi connectivity index (χ4n) is 2.96. The van der Waals surface area contributed by atoms with Gasteiger partial charge in [0.05, 0.1) is 0 Å². The van der Waals surface area contributed by atoms with Crippen molar-refractivity contribution in [2.75, 3.05) is 7.05 Å². The van der Waals surface area contributed by atoms with Crippen LogP contribution in [0.4, 0.5) is 0 Å². The van der Waals surface area contributed by atoms with E-state index in [2.05, 4.69) is 6.92 Å². The second-order valence-electron chi connectivity index (χ2n) is 4.37. The Bertz CT molecular complexity index is 202. The third-order valence-electron chi connectivity index (χ3n) is 3.58. The molecule has 3 unspecified atom stereocenters. The van der Waals surface area contributed by atoms with E-state index >= 15 is 0 Å². The maximum absolute atomic E-state index is 11.4. The Morgan fingerprint density at radius 3 is 2.83 bits per heavy atom. The van der Waals surface area contributed by atoms with E-state index < -0.39 is 0 Å². The van der Waals surface area contributed by atoms with Gasteiger partial charge in [-0.05, 0) is 24.7 Å². The number of hydrogen-bond acceptors (Lipinski definition) is 1. The summed E-state index contributed by atoms with van der Waals surface area (Å²) in [5.41, 5.74) is 0. The molecule has 2 heteroatoms. The van der Waals surface area contributed by atoms with Crippen LogP contribution in [-0.4, -0.2) is 23.9 Å². The molecule has 1 aliphatic heterocycles. The molecule has 0 aromatic rings. The lowest BCUT2D eigenvalue weighted by atomic mass is 9.78. The van der Waals surface area contributed by atoms with E-state index in [1.54, 1.807) is 0 Å². The largest absolute Gasteiger partial charge is 0.342 e. The Balaban J connectivity index is 2.17. The van der Waals surface area contributed by atoms with Gasteiger partial charge in [-0.25, -0.2) is 0 Å². The molecule has 0 bridgehead atoms. The number of fused-ring (bicyclic) bond motifs is 1. The van der Waals surface area contributed by atoms with Gasteiger partial charge >= 0.3 is 0 Å². The van der Waals surface area contributed by atoms with Crippen LogP contribution in [0.25, 0.3) is 0 Å². The lowest BCUT2D eigenvalue weighted by Crippen LogP contribution is -2.39. The Kier molecular flexibility index (Phi) is 1.85. The third kappa shape index (κ3) is 1.05. The highest BCUT2D eigenvalue weighted by molar-refractivity contribution is 5.79. The molecule has 1 aliphatic carbocycles. The van der Waals surface area contributed by atoms with Crippen molar-refractivity contribution in [2.24, 2.45) is 11.8 Å². The van der Waals surface area contributed by atoms with E-state index in [1.807, 2.05) is 11.9 Å². The molecule has 2 fully saturated rings. The molecule has 0 spiro atoms. The van der Waals surface area contributed by atoms with Crippen LogP contribution in [0.5, 0.6) is 0 Å². The molecule has 2 rings (SSSR count). The van der Waals surface area contributed by atoms with Crippen LogP contribution in [0.1, 0.15) is 32.6 Å². The zero-order chi connectivity index (χ0) is 8.72. The molecule has 1 saturated carbocycles. The molecule has 12 heavy (non-hydrogen) atoms. The van der Waals surface area contributed by atoms with Gasteiger partial charge in [0.25, 0.3) is 0 Å². The number of amides is 1. The van der Waals surface area contributed by atoms with E-state index in [4.69, 9.17) is 0 Å². The van der Waals surface area contributed by atoms with E-state index in [1.165, 1.54) is 19.3 Å².